The Balaban J connectivity index is 2.09. The van der Waals surface area contributed by atoms with Gasteiger partial charge in [0.15, 0.2) is 0 Å². The number of pyridine rings is 1. The van der Waals surface area contributed by atoms with Gasteiger partial charge in [-0.25, -0.2) is 4.98 Å². The van der Waals surface area contributed by atoms with Crippen molar-refractivity contribution in [2.24, 2.45) is 0 Å². The molecule has 0 aliphatic carbocycles. The number of para-hydroxylation sites is 1. The van der Waals surface area contributed by atoms with Crippen LogP contribution in [0.25, 0.3) is 22.5 Å². The first-order valence-corrected chi connectivity index (χ1v) is 6.15. The zero-order chi connectivity index (χ0) is 13.1. The van der Waals surface area contributed by atoms with Gasteiger partial charge < -0.3 is 5.11 Å². The summed E-state index contributed by atoms with van der Waals surface area (Å²) in [5, 5.41) is 9.89. The van der Waals surface area contributed by atoms with E-state index in [0.717, 1.165) is 22.5 Å². The minimum Gasteiger partial charge on any atom is -0.507 e. The molecule has 19 heavy (non-hydrogen) atoms. The van der Waals surface area contributed by atoms with Crippen molar-refractivity contribution in [2.45, 2.75) is 0 Å². The van der Waals surface area contributed by atoms with Gasteiger partial charge in [0.1, 0.15) is 5.75 Å². The third-order valence-electron chi connectivity index (χ3n) is 3.00. The summed E-state index contributed by atoms with van der Waals surface area (Å²) < 4.78 is 0. The van der Waals surface area contributed by atoms with Gasteiger partial charge in [0.25, 0.3) is 0 Å². The maximum atomic E-state index is 9.89. The van der Waals surface area contributed by atoms with Gasteiger partial charge in [0.05, 0.1) is 11.4 Å². The molecule has 0 saturated heterocycles. The molecule has 2 nitrogen and oxygen atoms in total. The van der Waals surface area contributed by atoms with Crippen LogP contribution in [0.4, 0.5) is 0 Å². The molecule has 0 bridgehead atoms. The van der Waals surface area contributed by atoms with Gasteiger partial charge in [-0.05, 0) is 24.3 Å². The Morgan fingerprint density at radius 2 is 1.32 bits per heavy atom. The molecule has 2 aromatic carbocycles. The molecule has 0 aliphatic heterocycles. The predicted molar refractivity (Wildman–Crippen MR) is 76.8 cm³/mol. The van der Waals surface area contributed by atoms with E-state index in [1.807, 2.05) is 60.7 Å². The van der Waals surface area contributed by atoms with E-state index in [2.05, 4.69) is 4.98 Å². The summed E-state index contributed by atoms with van der Waals surface area (Å²) in [6.07, 6.45) is 0. The van der Waals surface area contributed by atoms with Crippen LogP contribution in [0.5, 0.6) is 5.75 Å². The van der Waals surface area contributed by atoms with E-state index >= 15 is 0 Å². The standard InChI is InChI=1S/C17H13NO/c19-17-12-5-4-9-14(17)16-11-6-10-15(18-16)13-7-2-1-3-8-13/h1-12,19H. The van der Waals surface area contributed by atoms with E-state index < -0.39 is 0 Å². The van der Waals surface area contributed by atoms with Crippen LogP contribution >= 0.6 is 0 Å². The molecule has 1 aromatic heterocycles. The normalized spacial score (nSPS) is 10.3. The van der Waals surface area contributed by atoms with E-state index in [0.29, 0.717) is 0 Å². The fourth-order valence-electron chi connectivity index (χ4n) is 2.04. The second-order valence-electron chi connectivity index (χ2n) is 4.29. The van der Waals surface area contributed by atoms with E-state index in [1.165, 1.54) is 0 Å². The second kappa shape index (κ2) is 4.94. The monoisotopic (exact) mass is 247 g/mol. The lowest BCUT2D eigenvalue weighted by molar-refractivity contribution is 0.477. The van der Waals surface area contributed by atoms with Gasteiger partial charge in [0, 0.05) is 11.1 Å². The van der Waals surface area contributed by atoms with Crippen molar-refractivity contribution in [3.8, 4) is 28.3 Å². The lowest BCUT2D eigenvalue weighted by atomic mass is 10.1. The van der Waals surface area contributed by atoms with Gasteiger partial charge in [-0.1, -0.05) is 48.5 Å². The van der Waals surface area contributed by atoms with Crippen LogP contribution in [-0.4, -0.2) is 10.1 Å². The molecule has 3 aromatic rings. The fourth-order valence-corrected chi connectivity index (χ4v) is 2.04. The van der Waals surface area contributed by atoms with Crippen LogP contribution < -0.4 is 0 Å². The molecule has 0 radical (unpaired) electrons. The second-order valence-corrected chi connectivity index (χ2v) is 4.29. The zero-order valence-corrected chi connectivity index (χ0v) is 10.3. The summed E-state index contributed by atoms with van der Waals surface area (Å²) in [7, 11) is 0. The molecule has 0 saturated carbocycles. The Morgan fingerprint density at radius 3 is 2.11 bits per heavy atom. The lowest BCUT2D eigenvalue weighted by Crippen LogP contribution is -1.87. The molecule has 0 spiro atoms. The molecule has 2 heteroatoms. The van der Waals surface area contributed by atoms with Gasteiger partial charge in [-0.15, -0.1) is 0 Å². The average Bonchev–Trinajstić information content (AvgIpc) is 2.49. The topological polar surface area (TPSA) is 33.1 Å². The molecule has 0 unspecified atom stereocenters. The Morgan fingerprint density at radius 1 is 0.632 bits per heavy atom. The Labute approximate surface area is 112 Å². The molecular formula is C17H13NO. The molecule has 0 aliphatic rings. The molecule has 1 N–H and O–H groups in total. The van der Waals surface area contributed by atoms with Crippen LogP contribution in [0.2, 0.25) is 0 Å². The van der Waals surface area contributed by atoms with Crippen molar-refractivity contribution in [1.29, 1.82) is 0 Å². The van der Waals surface area contributed by atoms with Crippen molar-refractivity contribution in [3.63, 3.8) is 0 Å². The van der Waals surface area contributed by atoms with Gasteiger partial charge in [-0.2, -0.15) is 0 Å². The molecule has 0 atom stereocenters. The highest BCUT2D eigenvalue weighted by molar-refractivity contribution is 5.70. The number of hydrogen-bond donors (Lipinski definition) is 1. The highest BCUT2D eigenvalue weighted by Crippen LogP contribution is 2.28. The smallest absolute Gasteiger partial charge is 0.124 e. The third kappa shape index (κ3) is 2.33. The summed E-state index contributed by atoms with van der Waals surface area (Å²) in [6, 6.07) is 23.1. The summed E-state index contributed by atoms with van der Waals surface area (Å²) in [5.41, 5.74) is 3.50. The summed E-state index contributed by atoms with van der Waals surface area (Å²) >= 11 is 0. The molecule has 1 heterocycles. The quantitative estimate of drug-likeness (QED) is 0.738. The van der Waals surface area contributed by atoms with Gasteiger partial charge >= 0.3 is 0 Å². The minimum absolute atomic E-state index is 0.250. The fraction of sp³-hybridized carbons (Fsp3) is 0. The van der Waals surface area contributed by atoms with Gasteiger partial charge in [0.2, 0.25) is 0 Å². The number of aromatic nitrogens is 1. The lowest BCUT2D eigenvalue weighted by Gasteiger charge is -2.06. The van der Waals surface area contributed by atoms with E-state index in [-0.39, 0.29) is 5.75 Å². The van der Waals surface area contributed by atoms with E-state index in [1.54, 1.807) is 12.1 Å². The molecular weight excluding hydrogens is 234 g/mol. The summed E-state index contributed by atoms with van der Waals surface area (Å²) in [5.74, 6) is 0.250. The number of rotatable bonds is 2. The summed E-state index contributed by atoms with van der Waals surface area (Å²) in [6.45, 7) is 0. The Bertz CT molecular complexity index is 692. The van der Waals surface area contributed by atoms with Crippen molar-refractivity contribution in [2.75, 3.05) is 0 Å². The number of hydrogen-bond acceptors (Lipinski definition) is 2. The number of phenols is 1. The van der Waals surface area contributed by atoms with Crippen LogP contribution in [0.3, 0.4) is 0 Å². The molecule has 3 rings (SSSR count). The molecule has 92 valence electrons. The number of nitrogens with zero attached hydrogens (tertiary/aromatic N) is 1. The third-order valence-corrected chi connectivity index (χ3v) is 3.00. The van der Waals surface area contributed by atoms with Crippen molar-refractivity contribution >= 4 is 0 Å². The number of aromatic hydroxyl groups is 1. The highest BCUT2D eigenvalue weighted by Gasteiger charge is 2.06. The predicted octanol–water partition coefficient (Wildman–Crippen LogP) is 4.12. The van der Waals surface area contributed by atoms with Crippen LogP contribution in [-0.2, 0) is 0 Å². The Hall–Kier alpha value is -2.61. The van der Waals surface area contributed by atoms with Crippen molar-refractivity contribution < 1.29 is 5.11 Å². The SMILES string of the molecule is Oc1ccccc1-c1cccc(-c2ccccc2)n1. The minimum atomic E-state index is 0.250. The van der Waals surface area contributed by atoms with Crippen LogP contribution in [0.15, 0.2) is 72.8 Å². The highest BCUT2D eigenvalue weighted by atomic mass is 16.3. The summed E-state index contributed by atoms with van der Waals surface area (Å²) in [4.78, 5) is 4.61. The maximum Gasteiger partial charge on any atom is 0.124 e. The van der Waals surface area contributed by atoms with Crippen LogP contribution in [0, 0.1) is 0 Å². The maximum absolute atomic E-state index is 9.89. The zero-order valence-electron chi connectivity index (χ0n) is 10.3. The number of benzene rings is 2. The first-order chi connectivity index (χ1) is 9.34. The van der Waals surface area contributed by atoms with Crippen LogP contribution in [0.1, 0.15) is 0 Å². The van der Waals surface area contributed by atoms with Crippen molar-refractivity contribution in [3.05, 3.63) is 72.8 Å². The molecule has 0 amide bonds. The Kier molecular flexibility index (Phi) is 2.99. The van der Waals surface area contributed by atoms with E-state index in [9.17, 15) is 5.11 Å². The largest absolute Gasteiger partial charge is 0.507 e. The first kappa shape index (κ1) is 11.5. The average molecular weight is 247 g/mol. The number of phenolic OH excluding ortho intramolecular Hbond substituents is 1. The molecule has 0 fully saturated rings. The first-order valence-electron chi connectivity index (χ1n) is 6.15. The van der Waals surface area contributed by atoms with Gasteiger partial charge in [-0.3, -0.25) is 0 Å². The van der Waals surface area contributed by atoms with E-state index in [4.69, 9.17) is 0 Å². The van der Waals surface area contributed by atoms with Crippen molar-refractivity contribution in [1.82, 2.24) is 4.98 Å².